The van der Waals surface area contributed by atoms with Crippen LogP contribution in [0.15, 0.2) is 47.6 Å². The highest BCUT2D eigenvalue weighted by molar-refractivity contribution is 6.23. The lowest BCUT2D eigenvalue weighted by molar-refractivity contribution is -0.132. The Morgan fingerprint density at radius 3 is 1.88 bits per heavy atom. The molecule has 2 aliphatic carbocycles. The molecule has 2 amide bonds. The van der Waals surface area contributed by atoms with Crippen molar-refractivity contribution in [1.82, 2.24) is 0 Å². The molecule has 0 radical (unpaired) electrons. The van der Waals surface area contributed by atoms with Gasteiger partial charge in [-0.25, -0.2) is 4.90 Å². The van der Waals surface area contributed by atoms with E-state index >= 15 is 0 Å². The highest BCUT2D eigenvalue weighted by Gasteiger charge is 2.61. The third kappa shape index (κ3) is 2.18. The molecule has 25 heavy (non-hydrogen) atoms. The van der Waals surface area contributed by atoms with Gasteiger partial charge < -0.3 is 4.74 Å². The first-order valence-corrected chi connectivity index (χ1v) is 8.42. The van der Waals surface area contributed by atoms with Gasteiger partial charge in [0.05, 0.1) is 17.5 Å². The third-order valence-electron chi connectivity index (χ3n) is 5.35. The number of esters is 1. The topological polar surface area (TPSA) is 63.7 Å². The molecule has 0 N–H and O–H groups in total. The second kappa shape index (κ2) is 5.41. The van der Waals surface area contributed by atoms with Crippen LogP contribution in [0.4, 0.5) is 5.69 Å². The molecule has 3 aliphatic rings. The molecule has 1 saturated heterocycles. The second-order valence-corrected chi connectivity index (χ2v) is 7.04. The highest BCUT2D eigenvalue weighted by atomic mass is 16.5. The molecule has 0 aromatic heterocycles. The van der Waals surface area contributed by atoms with Crippen LogP contribution in [0.3, 0.4) is 0 Å². The first-order chi connectivity index (χ1) is 11.9. The molecule has 1 aromatic carbocycles. The smallest absolute Gasteiger partial charge is 0.308 e. The Hall–Kier alpha value is -2.69. The van der Waals surface area contributed by atoms with Crippen molar-refractivity contribution in [2.45, 2.75) is 20.8 Å². The van der Waals surface area contributed by atoms with E-state index in [0.29, 0.717) is 11.4 Å². The van der Waals surface area contributed by atoms with Crippen molar-refractivity contribution < 1.29 is 19.1 Å². The maximum atomic E-state index is 13.0. The summed E-state index contributed by atoms with van der Waals surface area (Å²) in [4.78, 5) is 38.3. The van der Waals surface area contributed by atoms with Crippen molar-refractivity contribution in [3.05, 3.63) is 47.6 Å². The minimum Gasteiger partial charge on any atom is -0.427 e. The van der Waals surface area contributed by atoms with Gasteiger partial charge in [-0.15, -0.1) is 0 Å². The third-order valence-corrected chi connectivity index (χ3v) is 5.35. The van der Waals surface area contributed by atoms with Crippen LogP contribution in [-0.2, 0) is 14.4 Å². The summed E-state index contributed by atoms with van der Waals surface area (Å²) in [5, 5.41) is 0. The Bertz CT molecular complexity index is 811. The van der Waals surface area contributed by atoms with Crippen LogP contribution in [0.2, 0.25) is 0 Å². The number of imide groups is 1. The van der Waals surface area contributed by atoms with Crippen molar-refractivity contribution in [2.75, 3.05) is 4.90 Å². The summed E-state index contributed by atoms with van der Waals surface area (Å²) in [6, 6.07) is 6.48. The minimum absolute atomic E-state index is 0.0433. The highest BCUT2D eigenvalue weighted by Crippen LogP contribution is 2.57. The summed E-state index contributed by atoms with van der Waals surface area (Å²) in [5.41, 5.74) is 2.97. The van der Waals surface area contributed by atoms with Crippen LogP contribution in [0, 0.1) is 23.7 Å². The normalized spacial score (nSPS) is 29.4. The molecule has 2 fully saturated rings. The summed E-state index contributed by atoms with van der Waals surface area (Å²) in [7, 11) is 0. The number of fused-ring (bicyclic) bond motifs is 5. The fourth-order valence-electron chi connectivity index (χ4n) is 4.51. The molecule has 1 aliphatic heterocycles. The largest absolute Gasteiger partial charge is 0.427 e. The molecule has 1 aromatic rings. The molecule has 0 unspecified atom stereocenters. The van der Waals surface area contributed by atoms with E-state index in [0.717, 1.165) is 0 Å². The van der Waals surface area contributed by atoms with Crippen LogP contribution in [-0.4, -0.2) is 17.8 Å². The van der Waals surface area contributed by atoms with Gasteiger partial charge in [-0.05, 0) is 38.1 Å². The number of amides is 2. The number of ether oxygens (including phenoxy) is 1. The summed E-state index contributed by atoms with van der Waals surface area (Å²) in [6.45, 7) is 5.42. The maximum Gasteiger partial charge on any atom is 0.308 e. The predicted octanol–water partition coefficient (Wildman–Crippen LogP) is 2.87. The molecule has 0 spiro atoms. The molecule has 2 bridgehead atoms. The van der Waals surface area contributed by atoms with Gasteiger partial charge in [-0.3, -0.25) is 14.4 Å². The van der Waals surface area contributed by atoms with Crippen LogP contribution in [0.5, 0.6) is 5.75 Å². The monoisotopic (exact) mass is 337 g/mol. The minimum atomic E-state index is -0.410. The van der Waals surface area contributed by atoms with Crippen LogP contribution in [0.25, 0.3) is 0 Å². The fraction of sp³-hybridized carbons (Fsp3) is 0.350. The van der Waals surface area contributed by atoms with Crippen LogP contribution >= 0.6 is 0 Å². The van der Waals surface area contributed by atoms with Crippen molar-refractivity contribution in [1.29, 1.82) is 0 Å². The lowest BCUT2D eigenvalue weighted by Crippen LogP contribution is -2.33. The molecule has 1 heterocycles. The van der Waals surface area contributed by atoms with Crippen molar-refractivity contribution in [3.63, 3.8) is 0 Å². The van der Waals surface area contributed by atoms with Crippen molar-refractivity contribution in [3.8, 4) is 5.75 Å². The number of anilines is 1. The summed E-state index contributed by atoms with van der Waals surface area (Å²) in [6.07, 6.45) is 4.15. The Morgan fingerprint density at radius 2 is 1.44 bits per heavy atom. The van der Waals surface area contributed by atoms with E-state index in [1.807, 2.05) is 13.8 Å². The van der Waals surface area contributed by atoms with Gasteiger partial charge in [-0.1, -0.05) is 23.3 Å². The molecule has 1 saturated carbocycles. The molecular formula is C20H19NO4. The van der Waals surface area contributed by atoms with E-state index in [9.17, 15) is 14.4 Å². The second-order valence-electron chi connectivity index (χ2n) is 7.04. The van der Waals surface area contributed by atoms with E-state index in [1.54, 1.807) is 24.3 Å². The zero-order valence-electron chi connectivity index (χ0n) is 14.4. The number of nitrogens with zero attached hydrogens (tertiary/aromatic N) is 1. The Kier molecular flexibility index (Phi) is 3.42. The van der Waals surface area contributed by atoms with E-state index in [4.69, 9.17) is 4.74 Å². The zero-order valence-corrected chi connectivity index (χ0v) is 14.4. The van der Waals surface area contributed by atoms with Crippen molar-refractivity contribution >= 4 is 23.5 Å². The average molecular weight is 337 g/mol. The van der Waals surface area contributed by atoms with Gasteiger partial charge in [-0.2, -0.15) is 0 Å². The molecule has 5 heteroatoms. The van der Waals surface area contributed by atoms with Crippen molar-refractivity contribution in [2.24, 2.45) is 23.7 Å². The summed E-state index contributed by atoms with van der Waals surface area (Å²) in [5.74, 6) is -0.780. The zero-order chi connectivity index (χ0) is 17.9. The Morgan fingerprint density at radius 1 is 0.920 bits per heavy atom. The quantitative estimate of drug-likeness (QED) is 0.360. The number of hydrogen-bond donors (Lipinski definition) is 0. The first-order valence-electron chi connectivity index (χ1n) is 8.42. The van der Waals surface area contributed by atoms with Gasteiger partial charge in [0, 0.05) is 18.8 Å². The fourth-order valence-corrected chi connectivity index (χ4v) is 4.51. The Balaban J connectivity index is 1.65. The molecule has 4 rings (SSSR count). The van der Waals surface area contributed by atoms with E-state index in [2.05, 4.69) is 12.2 Å². The lowest BCUT2D eigenvalue weighted by atomic mass is 9.85. The number of carbonyl (C=O) groups excluding carboxylic acids is 3. The van der Waals surface area contributed by atoms with E-state index in [-0.39, 0.29) is 35.5 Å². The summed E-state index contributed by atoms with van der Waals surface area (Å²) < 4.78 is 5.00. The van der Waals surface area contributed by atoms with Gasteiger partial charge in [0.25, 0.3) is 0 Å². The first kappa shape index (κ1) is 15.8. The number of carbonyl (C=O) groups is 3. The average Bonchev–Trinajstić information content (AvgIpc) is 3.18. The predicted molar refractivity (Wildman–Crippen MR) is 91.7 cm³/mol. The molecule has 128 valence electrons. The lowest BCUT2D eigenvalue weighted by Gasteiger charge is -2.19. The van der Waals surface area contributed by atoms with Gasteiger partial charge >= 0.3 is 5.97 Å². The van der Waals surface area contributed by atoms with E-state index < -0.39 is 5.97 Å². The van der Waals surface area contributed by atoms with Crippen LogP contribution < -0.4 is 9.64 Å². The maximum absolute atomic E-state index is 13.0. The molecular weight excluding hydrogens is 318 g/mol. The standard InChI is InChI=1S/C20H19NO4/c1-10(2)16-14-8-9-15(16)18-17(14)19(23)21(20(18)24)12-4-6-13(7-5-12)25-11(3)22/h4-9,14-15,17-18H,1-3H3/t14-,15+,17-,18-/m0/s1. The van der Waals surface area contributed by atoms with Gasteiger partial charge in [0.1, 0.15) is 5.75 Å². The van der Waals surface area contributed by atoms with Gasteiger partial charge in [0.2, 0.25) is 11.8 Å². The van der Waals surface area contributed by atoms with Crippen LogP contribution in [0.1, 0.15) is 20.8 Å². The number of allylic oxidation sites excluding steroid dienone is 4. The number of benzene rings is 1. The van der Waals surface area contributed by atoms with Gasteiger partial charge in [0.15, 0.2) is 0 Å². The SMILES string of the molecule is CC(=O)Oc1ccc(N2C(=O)[C@@H]3[C@@H](C2=O)[C@H]2C=C[C@@H]3C2=C(C)C)cc1. The number of rotatable bonds is 2. The molecule has 5 nitrogen and oxygen atoms in total. The molecule has 4 atom stereocenters. The van der Waals surface area contributed by atoms with E-state index in [1.165, 1.54) is 23.0 Å². The Labute approximate surface area is 146 Å². The summed E-state index contributed by atoms with van der Waals surface area (Å²) >= 11 is 0. The number of hydrogen-bond acceptors (Lipinski definition) is 4.